The lowest BCUT2D eigenvalue weighted by molar-refractivity contribution is 0.00586. The van der Waals surface area contributed by atoms with Gasteiger partial charge in [-0.2, -0.15) is 0 Å². The molecule has 2 heterocycles. The fraction of sp³-hybridized carbons (Fsp3) is 0.308. The Kier molecular flexibility index (Phi) is 3.99. The van der Waals surface area contributed by atoms with Crippen LogP contribution in [0.1, 0.15) is 5.82 Å². The van der Waals surface area contributed by atoms with Crippen molar-refractivity contribution in [3.05, 3.63) is 47.5 Å². The highest BCUT2D eigenvalue weighted by Crippen LogP contribution is 2.15. The van der Waals surface area contributed by atoms with E-state index >= 15 is 0 Å². The summed E-state index contributed by atoms with van der Waals surface area (Å²) < 4.78 is 34.4. The Bertz CT molecular complexity index is 727. The maximum absolute atomic E-state index is 12.2. The number of rotatable bonds is 4. The molecule has 2 aromatic rings. The minimum Gasteiger partial charge on any atom is -0.367 e. The van der Waals surface area contributed by atoms with Crippen molar-refractivity contribution in [1.29, 1.82) is 0 Å². The van der Waals surface area contributed by atoms with E-state index in [1.165, 1.54) is 12.1 Å². The summed E-state index contributed by atoms with van der Waals surface area (Å²) in [5.74, 6) is 0.854. The molecule has 0 unspecified atom stereocenters. The predicted molar refractivity (Wildman–Crippen MR) is 77.4 cm³/mol. The summed E-state index contributed by atoms with van der Waals surface area (Å²) in [4.78, 5) is 4.33. The highest BCUT2D eigenvalue weighted by Gasteiger charge is 2.22. The second-order valence-corrected chi connectivity index (χ2v) is 6.94. The molecule has 1 atom stereocenters. The quantitative estimate of drug-likeness (QED) is 0.921. The molecule has 1 aromatic heterocycles. The third kappa shape index (κ3) is 3.26. The van der Waals surface area contributed by atoms with E-state index in [4.69, 9.17) is 16.3 Å². The summed E-state index contributed by atoms with van der Waals surface area (Å²) in [5, 5.41) is 0.497. The van der Waals surface area contributed by atoms with Gasteiger partial charge in [-0.3, -0.25) is 0 Å². The average molecular weight is 328 g/mol. The molecule has 0 spiro atoms. The van der Waals surface area contributed by atoms with Crippen molar-refractivity contribution < 1.29 is 13.2 Å². The Morgan fingerprint density at radius 2 is 2.14 bits per heavy atom. The van der Waals surface area contributed by atoms with Crippen LogP contribution >= 0.6 is 11.6 Å². The van der Waals surface area contributed by atoms with Crippen LogP contribution in [0.15, 0.2) is 41.6 Å². The summed E-state index contributed by atoms with van der Waals surface area (Å²) in [6.07, 6.45) is 3.35. The van der Waals surface area contributed by atoms with Crippen LogP contribution in [0.4, 0.5) is 0 Å². The van der Waals surface area contributed by atoms with Crippen LogP contribution < -0.4 is 4.72 Å². The minimum absolute atomic E-state index is 0.186. The molecule has 8 heteroatoms. The number of ether oxygens (including phenoxy) is 1. The Labute approximate surface area is 127 Å². The van der Waals surface area contributed by atoms with E-state index in [-0.39, 0.29) is 17.5 Å². The van der Waals surface area contributed by atoms with Gasteiger partial charge in [0.25, 0.3) is 0 Å². The summed E-state index contributed by atoms with van der Waals surface area (Å²) in [6, 6.07) is 6.04. The number of halogens is 1. The molecule has 1 aromatic carbocycles. The second kappa shape index (κ2) is 5.76. The van der Waals surface area contributed by atoms with Crippen molar-refractivity contribution in [2.45, 2.75) is 24.2 Å². The molecule has 0 fully saturated rings. The molecule has 0 amide bonds. The maximum Gasteiger partial charge on any atom is 0.240 e. The number of hydrogen-bond acceptors (Lipinski definition) is 4. The topological polar surface area (TPSA) is 73.2 Å². The summed E-state index contributed by atoms with van der Waals surface area (Å²) in [6.45, 7) is 1.18. The van der Waals surface area contributed by atoms with Gasteiger partial charge in [0.05, 0.1) is 17.5 Å². The van der Waals surface area contributed by atoms with Crippen LogP contribution in [0.5, 0.6) is 0 Å². The van der Waals surface area contributed by atoms with Gasteiger partial charge in [-0.1, -0.05) is 11.6 Å². The van der Waals surface area contributed by atoms with Gasteiger partial charge in [0.15, 0.2) is 0 Å². The van der Waals surface area contributed by atoms with Crippen molar-refractivity contribution in [3.63, 3.8) is 0 Å². The molecule has 0 aliphatic carbocycles. The Morgan fingerprint density at radius 1 is 1.38 bits per heavy atom. The first-order valence-corrected chi connectivity index (χ1v) is 8.27. The third-order valence-electron chi connectivity index (χ3n) is 3.28. The van der Waals surface area contributed by atoms with E-state index in [9.17, 15) is 8.42 Å². The highest BCUT2D eigenvalue weighted by atomic mass is 35.5. The van der Waals surface area contributed by atoms with E-state index < -0.39 is 10.0 Å². The first-order chi connectivity index (χ1) is 10.0. The van der Waals surface area contributed by atoms with Gasteiger partial charge >= 0.3 is 0 Å². The van der Waals surface area contributed by atoms with Crippen molar-refractivity contribution in [3.8, 4) is 0 Å². The zero-order valence-corrected chi connectivity index (χ0v) is 12.6. The average Bonchev–Trinajstić information content (AvgIpc) is 2.93. The molecule has 0 saturated heterocycles. The third-order valence-corrected chi connectivity index (χ3v) is 4.97. The molecule has 112 valence electrons. The fourth-order valence-corrected chi connectivity index (χ4v) is 3.33. The zero-order chi connectivity index (χ0) is 14.9. The van der Waals surface area contributed by atoms with Gasteiger partial charge in [-0.15, -0.1) is 0 Å². The van der Waals surface area contributed by atoms with E-state index in [0.717, 1.165) is 5.82 Å². The normalized spacial score (nSPS) is 18.4. The predicted octanol–water partition coefficient (Wildman–Crippen LogP) is 1.41. The van der Waals surface area contributed by atoms with Crippen LogP contribution in [0.3, 0.4) is 0 Å². The number of nitrogens with zero attached hydrogens (tertiary/aromatic N) is 2. The zero-order valence-electron chi connectivity index (χ0n) is 11.1. The number of benzene rings is 1. The van der Waals surface area contributed by atoms with E-state index in [1.54, 1.807) is 18.3 Å². The molecule has 0 bridgehead atoms. The van der Waals surface area contributed by atoms with Crippen LogP contribution in [0, 0.1) is 0 Å². The van der Waals surface area contributed by atoms with Crippen molar-refractivity contribution in [1.82, 2.24) is 14.3 Å². The number of fused-ring (bicyclic) bond motifs is 1. The molecule has 0 saturated carbocycles. The number of nitrogens with one attached hydrogen (secondary N) is 1. The first kappa shape index (κ1) is 14.5. The van der Waals surface area contributed by atoms with Crippen LogP contribution in [-0.4, -0.2) is 30.6 Å². The van der Waals surface area contributed by atoms with Crippen LogP contribution in [0.2, 0.25) is 5.02 Å². The lowest BCUT2D eigenvalue weighted by Crippen LogP contribution is -2.38. The van der Waals surface area contributed by atoms with Crippen molar-refractivity contribution >= 4 is 21.6 Å². The maximum atomic E-state index is 12.2. The molecule has 0 radical (unpaired) electrons. The van der Waals surface area contributed by atoms with Crippen LogP contribution in [-0.2, 0) is 27.9 Å². The van der Waals surface area contributed by atoms with Gasteiger partial charge in [0.2, 0.25) is 10.0 Å². The highest BCUT2D eigenvalue weighted by molar-refractivity contribution is 7.89. The molecule has 3 rings (SSSR count). The standard InChI is InChI=1S/C13H14ClN3O3S/c14-10-1-3-12(4-2-10)21(18,19)16-7-11-8-17-6-5-15-13(17)9-20-11/h1-6,11,16H,7-9H2/t11-/m0/s1. The Morgan fingerprint density at radius 3 is 2.90 bits per heavy atom. The summed E-state index contributed by atoms with van der Waals surface area (Å²) >= 11 is 5.75. The van der Waals surface area contributed by atoms with Gasteiger partial charge < -0.3 is 9.30 Å². The minimum atomic E-state index is -3.55. The SMILES string of the molecule is O=S(=O)(NC[C@H]1Cn2ccnc2CO1)c1ccc(Cl)cc1. The number of aromatic nitrogens is 2. The molecule has 21 heavy (non-hydrogen) atoms. The van der Waals surface area contributed by atoms with Gasteiger partial charge in [-0.05, 0) is 24.3 Å². The van der Waals surface area contributed by atoms with Gasteiger partial charge in [0, 0.05) is 24.0 Å². The number of imidazole rings is 1. The van der Waals surface area contributed by atoms with E-state index in [1.807, 2.05) is 10.8 Å². The molecule has 1 aliphatic heterocycles. The largest absolute Gasteiger partial charge is 0.367 e. The Hall–Kier alpha value is -1.41. The Balaban J connectivity index is 1.64. The summed E-state index contributed by atoms with van der Waals surface area (Å²) in [7, 11) is -3.55. The lowest BCUT2D eigenvalue weighted by atomic mass is 10.3. The summed E-state index contributed by atoms with van der Waals surface area (Å²) in [5.41, 5.74) is 0. The van der Waals surface area contributed by atoms with E-state index in [2.05, 4.69) is 9.71 Å². The lowest BCUT2D eigenvalue weighted by Gasteiger charge is -2.24. The fourth-order valence-electron chi connectivity index (χ4n) is 2.13. The van der Waals surface area contributed by atoms with Gasteiger partial charge in [-0.25, -0.2) is 18.1 Å². The smallest absolute Gasteiger partial charge is 0.240 e. The van der Waals surface area contributed by atoms with E-state index in [0.29, 0.717) is 18.2 Å². The monoisotopic (exact) mass is 327 g/mol. The molecular formula is C13H14ClN3O3S. The molecular weight excluding hydrogens is 314 g/mol. The molecule has 1 aliphatic rings. The number of sulfonamides is 1. The molecule has 1 N–H and O–H groups in total. The first-order valence-electron chi connectivity index (χ1n) is 6.41. The number of hydrogen-bond donors (Lipinski definition) is 1. The molecule has 6 nitrogen and oxygen atoms in total. The second-order valence-electron chi connectivity index (χ2n) is 4.73. The van der Waals surface area contributed by atoms with Crippen LogP contribution in [0.25, 0.3) is 0 Å². The van der Waals surface area contributed by atoms with Crippen molar-refractivity contribution in [2.24, 2.45) is 0 Å². The van der Waals surface area contributed by atoms with Gasteiger partial charge in [0.1, 0.15) is 12.4 Å². The van der Waals surface area contributed by atoms with Crippen molar-refractivity contribution in [2.75, 3.05) is 6.54 Å².